The molecule has 62 valence electrons. The van der Waals surface area contributed by atoms with E-state index >= 15 is 0 Å². The molecule has 1 fully saturated rings. The highest BCUT2D eigenvalue weighted by atomic mass is 16.5. The second-order valence-corrected chi connectivity index (χ2v) is 2.46. The Morgan fingerprint density at radius 3 is 2.82 bits per heavy atom. The average Bonchev–Trinajstić information content (AvgIpc) is 1.99. The maximum atomic E-state index is 10.9. The van der Waals surface area contributed by atoms with Gasteiger partial charge < -0.3 is 14.9 Å². The van der Waals surface area contributed by atoms with Gasteiger partial charge in [-0.3, -0.25) is 4.79 Å². The fourth-order valence-corrected chi connectivity index (χ4v) is 0.938. The zero-order valence-corrected chi connectivity index (χ0v) is 5.99. The molecule has 0 spiro atoms. The first-order valence-electron chi connectivity index (χ1n) is 3.32. The molecule has 1 heterocycles. The van der Waals surface area contributed by atoms with E-state index in [0.717, 1.165) is 0 Å². The van der Waals surface area contributed by atoms with Gasteiger partial charge in [0.1, 0.15) is 11.9 Å². The first-order valence-corrected chi connectivity index (χ1v) is 3.32. The molecule has 0 bridgehead atoms. The zero-order chi connectivity index (χ0) is 8.43. The number of ether oxygens (including phenoxy) is 1. The third-order valence-corrected chi connectivity index (χ3v) is 1.56. The fourth-order valence-electron chi connectivity index (χ4n) is 0.938. The van der Waals surface area contributed by atoms with Gasteiger partial charge in [0, 0.05) is 6.42 Å². The SMILES string of the molecule is C=C1O[C@H](CO)CC(=O)[C@@H]1O. The molecule has 4 nitrogen and oxygen atoms in total. The van der Waals surface area contributed by atoms with Gasteiger partial charge in [0.2, 0.25) is 0 Å². The lowest BCUT2D eigenvalue weighted by molar-refractivity contribution is -0.136. The van der Waals surface area contributed by atoms with Gasteiger partial charge in [-0.05, 0) is 0 Å². The lowest BCUT2D eigenvalue weighted by Gasteiger charge is -2.26. The molecule has 11 heavy (non-hydrogen) atoms. The Morgan fingerprint density at radius 2 is 2.36 bits per heavy atom. The lowest BCUT2D eigenvalue weighted by atomic mass is 10.0. The van der Waals surface area contributed by atoms with E-state index in [1.165, 1.54) is 0 Å². The van der Waals surface area contributed by atoms with E-state index in [-0.39, 0.29) is 24.6 Å². The van der Waals surface area contributed by atoms with Crippen LogP contribution in [0.15, 0.2) is 12.3 Å². The van der Waals surface area contributed by atoms with Crippen molar-refractivity contribution in [3.8, 4) is 0 Å². The molecule has 1 aliphatic rings. The van der Waals surface area contributed by atoms with Gasteiger partial charge >= 0.3 is 0 Å². The molecule has 1 aliphatic heterocycles. The maximum Gasteiger partial charge on any atom is 0.172 e. The summed E-state index contributed by atoms with van der Waals surface area (Å²) in [5, 5.41) is 17.6. The van der Waals surface area contributed by atoms with Gasteiger partial charge in [-0.25, -0.2) is 0 Å². The van der Waals surface area contributed by atoms with Gasteiger partial charge in [-0.15, -0.1) is 0 Å². The average molecular weight is 158 g/mol. The Morgan fingerprint density at radius 1 is 1.73 bits per heavy atom. The first kappa shape index (κ1) is 8.23. The van der Waals surface area contributed by atoms with E-state index in [9.17, 15) is 4.79 Å². The highest BCUT2D eigenvalue weighted by molar-refractivity contribution is 5.86. The summed E-state index contributed by atoms with van der Waals surface area (Å²) >= 11 is 0. The molecule has 0 amide bonds. The van der Waals surface area contributed by atoms with Crippen molar-refractivity contribution >= 4 is 5.78 Å². The minimum absolute atomic E-state index is 0.0281. The number of aliphatic hydroxyl groups excluding tert-OH is 2. The smallest absolute Gasteiger partial charge is 0.172 e. The summed E-state index contributed by atoms with van der Waals surface area (Å²) in [4.78, 5) is 10.9. The van der Waals surface area contributed by atoms with Gasteiger partial charge in [0.15, 0.2) is 11.9 Å². The van der Waals surface area contributed by atoms with Crippen LogP contribution in [0.4, 0.5) is 0 Å². The number of aliphatic hydroxyl groups is 2. The molecule has 0 aliphatic carbocycles. The van der Waals surface area contributed by atoms with Crippen molar-refractivity contribution in [1.29, 1.82) is 0 Å². The number of hydrogen-bond donors (Lipinski definition) is 2. The van der Waals surface area contributed by atoms with E-state index < -0.39 is 12.2 Å². The second-order valence-electron chi connectivity index (χ2n) is 2.46. The van der Waals surface area contributed by atoms with Crippen LogP contribution in [0.25, 0.3) is 0 Å². The predicted octanol–water partition coefficient (Wildman–Crippen LogP) is -0.789. The third kappa shape index (κ3) is 1.58. The van der Waals surface area contributed by atoms with Gasteiger partial charge in [-0.2, -0.15) is 0 Å². The second kappa shape index (κ2) is 3.02. The molecule has 2 atom stereocenters. The minimum Gasteiger partial charge on any atom is -0.489 e. The van der Waals surface area contributed by atoms with Crippen molar-refractivity contribution < 1.29 is 19.7 Å². The summed E-state index contributed by atoms with van der Waals surface area (Å²) in [7, 11) is 0. The number of carbonyl (C=O) groups excluding carboxylic acids is 1. The molecule has 0 unspecified atom stereocenters. The third-order valence-electron chi connectivity index (χ3n) is 1.56. The molecule has 0 aromatic heterocycles. The summed E-state index contributed by atoms with van der Waals surface area (Å²) < 4.78 is 4.90. The molecular formula is C7H10O4. The number of carbonyl (C=O) groups is 1. The predicted molar refractivity (Wildman–Crippen MR) is 36.7 cm³/mol. The van der Waals surface area contributed by atoms with Crippen LogP contribution in [0.5, 0.6) is 0 Å². The highest BCUT2D eigenvalue weighted by Gasteiger charge is 2.30. The van der Waals surface area contributed by atoms with Crippen LogP contribution in [0, 0.1) is 0 Å². The largest absolute Gasteiger partial charge is 0.489 e. The Bertz CT molecular complexity index is 169. The van der Waals surface area contributed by atoms with E-state index in [1.54, 1.807) is 0 Å². The molecule has 1 rings (SSSR count). The van der Waals surface area contributed by atoms with E-state index in [2.05, 4.69) is 6.58 Å². The van der Waals surface area contributed by atoms with Crippen LogP contribution < -0.4 is 0 Å². The molecule has 0 radical (unpaired) electrons. The minimum atomic E-state index is -1.21. The van der Waals surface area contributed by atoms with Crippen LogP contribution in [0.1, 0.15) is 6.42 Å². The summed E-state index contributed by atoms with van der Waals surface area (Å²) in [6, 6.07) is 0. The lowest BCUT2D eigenvalue weighted by Crippen LogP contribution is -2.37. The van der Waals surface area contributed by atoms with Crippen molar-refractivity contribution in [3.63, 3.8) is 0 Å². The van der Waals surface area contributed by atoms with Crippen molar-refractivity contribution in [2.75, 3.05) is 6.61 Å². The summed E-state index contributed by atoms with van der Waals surface area (Å²) in [5.41, 5.74) is 0. The van der Waals surface area contributed by atoms with Crippen molar-refractivity contribution in [1.82, 2.24) is 0 Å². The van der Waals surface area contributed by atoms with Crippen molar-refractivity contribution in [3.05, 3.63) is 12.3 Å². The van der Waals surface area contributed by atoms with Crippen LogP contribution >= 0.6 is 0 Å². The molecule has 4 heteroatoms. The van der Waals surface area contributed by atoms with E-state index in [0.29, 0.717) is 0 Å². The molecule has 1 saturated heterocycles. The zero-order valence-electron chi connectivity index (χ0n) is 5.99. The van der Waals surface area contributed by atoms with Crippen LogP contribution in [0.2, 0.25) is 0 Å². The van der Waals surface area contributed by atoms with Gasteiger partial charge in [-0.1, -0.05) is 6.58 Å². The van der Waals surface area contributed by atoms with Crippen molar-refractivity contribution in [2.45, 2.75) is 18.6 Å². The highest BCUT2D eigenvalue weighted by Crippen LogP contribution is 2.17. The fraction of sp³-hybridized carbons (Fsp3) is 0.571. The Kier molecular flexibility index (Phi) is 2.26. The summed E-state index contributed by atoms with van der Waals surface area (Å²) in [6.45, 7) is 3.11. The number of Topliss-reactive ketones (excluding diaryl/α,β-unsaturated/α-hetero) is 1. The first-order chi connectivity index (χ1) is 5.15. The number of hydrogen-bond acceptors (Lipinski definition) is 4. The molecular weight excluding hydrogens is 148 g/mol. The molecule has 0 aromatic carbocycles. The topological polar surface area (TPSA) is 66.8 Å². The van der Waals surface area contributed by atoms with E-state index in [4.69, 9.17) is 14.9 Å². The molecule has 0 saturated carbocycles. The Hall–Kier alpha value is -0.870. The van der Waals surface area contributed by atoms with Crippen molar-refractivity contribution in [2.24, 2.45) is 0 Å². The standard InChI is InChI=1S/C7H10O4/c1-4-7(10)6(9)2-5(3-8)11-4/h5,7-8,10H,1-3H2/t5-,7+/m0/s1. The molecule has 2 N–H and O–H groups in total. The Labute approximate surface area is 64.1 Å². The normalized spacial score (nSPS) is 31.8. The summed E-state index contributed by atoms with van der Waals surface area (Å²) in [6.07, 6.45) is -1.69. The molecule has 0 aromatic rings. The quantitative estimate of drug-likeness (QED) is 0.525. The van der Waals surface area contributed by atoms with Gasteiger partial charge in [0.25, 0.3) is 0 Å². The van der Waals surface area contributed by atoms with E-state index in [1.807, 2.05) is 0 Å². The monoisotopic (exact) mass is 158 g/mol. The number of rotatable bonds is 1. The van der Waals surface area contributed by atoms with Crippen LogP contribution in [-0.4, -0.2) is 34.8 Å². The van der Waals surface area contributed by atoms with Crippen LogP contribution in [-0.2, 0) is 9.53 Å². The summed E-state index contributed by atoms with van der Waals surface area (Å²) in [5.74, 6) is -0.319. The van der Waals surface area contributed by atoms with Crippen LogP contribution in [0.3, 0.4) is 0 Å². The van der Waals surface area contributed by atoms with Gasteiger partial charge in [0.05, 0.1) is 6.61 Å². The number of ketones is 1. The maximum absolute atomic E-state index is 10.9. The Balaban J connectivity index is 2.62.